The number of carbonyl (C=O) groups is 1. The van der Waals surface area contributed by atoms with E-state index in [0.717, 1.165) is 70.4 Å². The van der Waals surface area contributed by atoms with Gasteiger partial charge in [-0.15, -0.1) is 0 Å². The highest BCUT2D eigenvalue weighted by molar-refractivity contribution is 7.88. The average Bonchev–Trinajstić information content (AvgIpc) is 3.36. The highest BCUT2D eigenvalue weighted by Crippen LogP contribution is 2.26. The molecular weight excluding hydrogens is 442 g/mol. The molecule has 1 aromatic rings. The molecule has 1 saturated carbocycles. The van der Waals surface area contributed by atoms with Crippen molar-refractivity contribution in [1.82, 2.24) is 14.4 Å². The number of aromatic nitrogens is 1. The van der Waals surface area contributed by atoms with E-state index in [-0.39, 0.29) is 17.6 Å². The summed E-state index contributed by atoms with van der Waals surface area (Å²) < 4.78 is 32.8. The van der Waals surface area contributed by atoms with Crippen molar-refractivity contribution in [3.05, 3.63) is 30.1 Å². The maximum absolute atomic E-state index is 13.1. The third-order valence-corrected chi connectivity index (χ3v) is 8.16. The lowest BCUT2D eigenvalue weighted by molar-refractivity contribution is -0.119. The van der Waals surface area contributed by atoms with Gasteiger partial charge in [0.25, 0.3) is 0 Å². The molecular formula is C24H39N3O5S. The largest absolute Gasteiger partial charge is 0.379 e. The van der Waals surface area contributed by atoms with Crippen LogP contribution >= 0.6 is 0 Å². The Balaban J connectivity index is 1.36. The predicted molar refractivity (Wildman–Crippen MR) is 127 cm³/mol. The minimum atomic E-state index is -3.48. The molecule has 2 aliphatic rings. The van der Waals surface area contributed by atoms with Gasteiger partial charge in [-0.2, -0.15) is 0 Å². The Kier molecular flexibility index (Phi) is 11.2. The minimum absolute atomic E-state index is 0.0475. The number of Topliss-reactive ketones (excluding diaryl/α,β-unsaturated/α-hetero) is 1. The number of hydrogen-bond acceptors (Lipinski definition) is 7. The van der Waals surface area contributed by atoms with Crippen molar-refractivity contribution in [2.24, 2.45) is 0 Å². The van der Waals surface area contributed by atoms with Crippen LogP contribution in [0.1, 0.15) is 63.4 Å². The Morgan fingerprint density at radius 2 is 1.94 bits per heavy atom. The van der Waals surface area contributed by atoms with Gasteiger partial charge in [-0.05, 0) is 43.7 Å². The highest BCUT2D eigenvalue weighted by Gasteiger charge is 2.33. The Hall–Kier alpha value is -1.39. The van der Waals surface area contributed by atoms with Gasteiger partial charge in [0.15, 0.2) is 0 Å². The second-order valence-corrected chi connectivity index (χ2v) is 10.9. The predicted octanol–water partition coefficient (Wildman–Crippen LogP) is 2.98. The van der Waals surface area contributed by atoms with E-state index in [4.69, 9.17) is 9.57 Å². The molecule has 1 saturated heterocycles. The molecule has 0 radical (unpaired) electrons. The average molecular weight is 482 g/mol. The Labute approximate surface area is 198 Å². The van der Waals surface area contributed by atoms with Crippen molar-refractivity contribution < 1.29 is 22.8 Å². The zero-order valence-electron chi connectivity index (χ0n) is 19.7. The molecule has 0 bridgehead atoms. The summed E-state index contributed by atoms with van der Waals surface area (Å²) in [5.41, 5.74) is 1.07. The number of unbranched alkanes of at least 4 members (excludes halogenated alkanes) is 2. The molecule has 1 aliphatic carbocycles. The first-order valence-electron chi connectivity index (χ1n) is 12.4. The van der Waals surface area contributed by atoms with E-state index in [1.807, 2.05) is 12.1 Å². The summed E-state index contributed by atoms with van der Waals surface area (Å²) in [7, 11) is -3.48. The van der Waals surface area contributed by atoms with Gasteiger partial charge < -0.3 is 4.74 Å². The van der Waals surface area contributed by atoms with Gasteiger partial charge in [-0.1, -0.05) is 29.8 Å². The Bertz CT molecular complexity index is 794. The van der Waals surface area contributed by atoms with Gasteiger partial charge in [-0.3, -0.25) is 19.5 Å². The van der Waals surface area contributed by atoms with Crippen molar-refractivity contribution in [2.75, 3.05) is 45.2 Å². The molecule has 0 amide bonds. The molecule has 186 valence electrons. The zero-order chi connectivity index (χ0) is 23.4. The molecule has 8 nitrogen and oxygen atoms in total. The number of ketones is 1. The number of rotatable bonds is 15. The number of pyridine rings is 1. The van der Waals surface area contributed by atoms with Crippen LogP contribution in [0.25, 0.3) is 0 Å². The van der Waals surface area contributed by atoms with Gasteiger partial charge in [0, 0.05) is 44.9 Å². The van der Waals surface area contributed by atoms with Gasteiger partial charge in [-0.25, -0.2) is 8.42 Å². The van der Waals surface area contributed by atoms with Gasteiger partial charge in [0.2, 0.25) is 10.0 Å². The molecule has 1 aliphatic heterocycles. The summed E-state index contributed by atoms with van der Waals surface area (Å²) in [6, 6.07) is 3.81. The summed E-state index contributed by atoms with van der Waals surface area (Å²) in [4.78, 5) is 24.3. The van der Waals surface area contributed by atoms with Crippen molar-refractivity contribution in [2.45, 2.75) is 70.3 Å². The van der Waals surface area contributed by atoms with E-state index in [1.165, 1.54) is 4.47 Å². The highest BCUT2D eigenvalue weighted by atomic mass is 32.2. The first-order chi connectivity index (χ1) is 16.0. The van der Waals surface area contributed by atoms with E-state index < -0.39 is 10.0 Å². The van der Waals surface area contributed by atoms with Crippen molar-refractivity contribution in [3.8, 4) is 0 Å². The maximum atomic E-state index is 13.1. The molecule has 0 aromatic carbocycles. The molecule has 1 aromatic heterocycles. The van der Waals surface area contributed by atoms with Crippen LogP contribution in [0.4, 0.5) is 0 Å². The number of carbonyl (C=O) groups excluding carboxylic acids is 1. The number of morpholine rings is 1. The quantitative estimate of drug-likeness (QED) is 0.281. The van der Waals surface area contributed by atoms with Gasteiger partial charge in [0.1, 0.15) is 5.78 Å². The van der Waals surface area contributed by atoms with E-state index in [9.17, 15) is 13.2 Å². The fraction of sp³-hybridized carbons (Fsp3) is 0.750. The van der Waals surface area contributed by atoms with Crippen LogP contribution in [0.2, 0.25) is 0 Å². The lowest BCUT2D eigenvalue weighted by Crippen LogP contribution is -2.43. The fourth-order valence-corrected chi connectivity index (χ4v) is 6.09. The molecule has 0 unspecified atom stereocenters. The summed E-state index contributed by atoms with van der Waals surface area (Å²) in [6.45, 7) is 4.25. The van der Waals surface area contributed by atoms with Crippen LogP contribution in [0.3, 0.4) is 0 Å². The molecule has 3 rings (SSSR count). The minimum Gasteiger partial charge on any atom is -0.379 e. The SMILES string of the molecule is O=C(CCCCCS(=O)(=O)N(OCCN1CCOCC1)C1CCCC1)CCc1cccnc1. The summed E-state index contributed by atoms with van der Waals surface area (Å²) in [5, 5.41) is 0. The third kappa shape index (κ3) is 9.41. The molecule has 33 heavy (non-hydrogen) atoms. The summed E-state index contributed by atoms with van der Waals surface area (Å²) in [6.07, 6.45) is 11.1. The second kappa shape index (κ2) is 14.1. The molecule has 2 heterocycles. The number of hydroxylamine groups is 1. The lowest BCUT2D eigenvalue weighted by atomic mass is 10.1. The number of aryl methyl sites for hydroxylation is 1. The normalized spacial score (nSPS) is 18.2. The number of nitrogens with zero attached hydrogens (tertiary/aromatic N) is 3. The van der Waals surface area contributed by atoms with Gasteiger partial charge in [0.05, 0.1) is 31.6 Å². The van der Waals surface area contributed by atoms with Crippen molar-refractivity contribution in [3.63, 3.8) is 0 Å². The van der Waals surface area contributed by atoms with E-state index >= 15 is 0 Å². The van der Waals surface area contributed by atoms with Crippen LogP contribution < -0.4 is 0 Å². The first-order valence-corrected chi connectivity index (χ1v) is 14.0. The van der Waals surface area contributed by atoms with Crippen LogP contribution in [-0.2, 0) is 30.8 Å². The van der Waals surface area contributed by atoms with Gasteiger partial charge >= 0.3 is 0 Å². The summed E-state index contributed by atoms with van der Waals surface area (Å²) in [5.74, 6) is 0.297. The second-order valence-electron chi connectivity index (χ2n) is 9.01. The number of sulfonamides is 1. The van der Waals surface area contributed by atoms with Crippen LogP contribution in [0.5, 0.6) is 0 Å². The van der Waals surface area contributed by atoms with Crippen molar-refractivity contribution >= 4 is 15.8 Å². The molecule has 0 N–H and O–H groups in total. The number of ether oxygens (including phenoxy) is 1. The first kappa shape index (κ1) is 26.2. The summed E-state index contributed by atoms with van der Waals surface area (Å²) >= 11 is 0. The lowest BCUT2D eigenvalue weighted by Gasteiger charge is -2.30. The zero-order valence-corrected chi connectivity index (χ0v) is 20.5. The van der Waals surface area contributed by atoms with E-state index in [0.29, 0.717) is 38.8 Å². The third-order valence-electron chi connectivity index (χ3n) is 6.40. The number of hydrogen-bond donors (Lipinski definition) is 0. The fourth-order valence-electron chi connectivity index (χ4n) is 4.44. The van der Waals surface area contributed by atoms with Crippen LogP contribution in [0.15, 0.2) is 24.5 Å². The monoisotopic (exact) mass is 481 g/mol. The Morgan fingerprint density at radius 3 is 2.67 bits per heavy atom. The molecule has 9 heteroatoms. The molecule has 0 spiro atoms. The maximum Gasteiger partial charge on any atom is 0.236 e. The van der Waals surface area contributed by atoms with E-state index in [1.54, 1.807) is 12.4 Å². The standard InChI is InChI=1S/C24H39N3O5S/c28-24(12-11-22-7-6-13-25-21-22)10-2-1-5-20-33(29,30)27(23-8-3-4-9-23)32-19-16-26-14-17-31-18-15-26/h6-7,13,21,23H,1-5,8-12,14-20H2. The van der Waals surface area contributed by atoms with E-state index in [2.05, 4.69) is 9.88 Å². The topological polar surface area (TPSA) is 89.0 Å². The van der Waals surface area contributed by atoms with Crippen LogP contribution in [-0.4, -0.2) is 79.8 Å². The smallest absolute Gasteiger partial charge is 0.236 e. The van der Waals surface area contributed by atoms with Crippen LogP contribution in [0, 0.1) is 0 Å². The molecule has 2 fully saturated rings. The Morgan fingerprint density at radius 1 is 1.15 bits per heavy atom. The van der Waals surface area contributed by atoms with Crippen molar-refractivity contribution in [1.29, 1.82) is 0 Å². The molecule has 0 atom stereocenters.